The van der Waals surface area contributed by atoms with Crippen molar-refractivity contribution in [1.29, 1.82) is 0 Å². The van der Waals surface area contributed by atoms with Crippen LogP contribution in [0.25, 0.3) is 0 Å². The molecule has 0 bridgehead atoms. The second-order valence-corrected chi connectivity index (χ2v) is 4.42. The summed E-state index contributed by atoms with van der Waals surface area (Å²) in [5.74, 6) is -1.23. The van der Waals surface area contributed by atoms with Gasteiger partial charge in [0.2, 0.25) is 0 Å². The number of carbonyl (C=O) groups excluding carboxylic acids is 1. The van der Waals surface area contributed by atoms with Gasteiger partial charge < -0.3 is 14.9 Å². The number of rotatable bonds is 6. The molecular weight excluding hydrogens is 248 g/mol. The van der Waals surface area contributed by atoms with E-state index in [1.807, 2.05) is 13.8 Å². The topological polar surface area (TPSA) is 83.8 Å². The molecular formula is C14H16O5. The molecule has 0 heterocycles. The van der Waals surface area contributed by atoms with Gasteiger partial charge in [-0.15, -0.1) is 0 Å². The van der Waals surface area contributed by atoms with Crippen LogP contribution >= 0.6 is 0 Å². The summed E-state index contributed by atoms with van der Waals surface area (Å²) in [5, 5.41) is 18.0. The summed E-state index contributed by atoms with van der Waals surface area (Å²) in [7, 11) is 0. The molecule has 0 aliphatic carbocycles. The van der Waals surface area contributed by atoms with Crippen molar-refractivity contribution in [3.63, 3.8) is 0 Å². The van der Waals surface area contributed by atoms with Crippen molar-refractivity contribution in [2.24, 2.45) is 5.92 Å². The molecule has 102 valence electrons. The number of hydrogen-bond acceptors (Lipinski definition) is 4. The van der Waals surface area contributed by atoms with Crippen LogP contribution < -0.4 is 4.74 Å². The zero-order chi connectivity index (χ0) is 14.4. The Hall–Kier alpha value is -2.30. The highest BCUT2D eigenvalue weighted by molar-refractivity contribution is 6.08. The Balaban J connectivity index is 2.90. The highest BCUT2D eigenvalue weighted by Gasteiger charge is 2.10. The van der Waals surface area contributed by atoms with Crippen molar-refractivity contribution in [3.05, 3.63) is 35.9 Å². The lowest BCUT2D eigenvalue weighted by Crippen LogP contribution is -2.05. The van der Waals surface area contributed by atoms with Gasteiger partial charge in [-0.2, -0.15) is 0 Å². The van der Waals surface area contributed by atoms with Crippen molar-refractivity contribution >= 4 is 11.8 Å². The van der Waals surface area contributed by atoms with Gasteiger partial charge in [0.25, 0.3) is 0 Å². The molecule has 19 heavy (non-hydrogen) atoms. The molecule has 1 aromatic rings. The third kappa shape index (κ3) is 4.83. The Bertz CT molecular complexity index is 503. The Morgan fingerprint density at radius 3 is 2.58 bits per heavy atom. The smallest absolute Gasteiger partial charge is 0.328 e. The van der Waals surface area contributed by atoms with Gasteiger partial charge in [-0.25, -0.2) is 4.79 Å². The third-order valence-electron chi connectivity index (χ3n) is 2.19. The summed E-state index contributed by atoms with van der Waals surface area (Å²) < 4.78 is 5.44. The number of allylic oxidation sites excluding steroid dienone is 1. The van der Waals surface area contributed by atoms with E-state index in [1.165, 1.54) is 12.1 Å². The molecule has 5 heteroatoms. The highest BCUT2D eigenvalue weighted by Crippen LogP contribution is 2.24. The number of phenols is 1. The normalized spacial score (nSPS) is 10.9. The molecule has 0 aliphatic rings. The SMILES string of the molecule is CC(C)COc1ccc(O)c(C(=O)/C=C/C(=O)O)c1. The van der Waals surface area contributed by atoms with Crippen LogP contribution in [0.15, 0.2) is 30.4 Å². The van der Waals surface area contributed by atoms with Gasteiger partial charge >= 0.3 is 5.97 Å². The van der Waals surface area contributed by atoms with Gasteiger partial charge in [0.1, 0.15) is 11.5 Å². The second-order valence-electron chi connectivity index (χ2n) is 4.42. The van der Waals surface area contributed by atoms with Crippen LogP contribution in [0.3, 0.4) is 0 Å². The summed E-state index contributed by atoms with van der Waals surface area (Å²) in [6.45, 7) is 4.47. The van der Waals surface area contributed by atoms with E-state index in [0.717, 1.165) is 12.2 Å². The zero-order valence-corrected chi connectivity index (χ0v) is 10.8. The maximum Gasteiger partial charge on any atom is 0.328 e. The second kappa shape index (κ2) is 6.58. The number of aromatic hydroxyl groups is 1. The van der Waals surface area contributed by atoms with E-state index in [4.69, 9.17) is 9.84 Å². The van der Waals surface area contributed by atoms with Crippen molar-refractivity contribution in [2.75, 3.05) is 6.61 Å². The molecule has 0 fully saturated rings. The van der Waals surface area contributed by atoms with Gasteiger partial charge in [-0.3, -0.25) is 4.79 Å². The molecule has 0 spiro atoms. The van der Waals surface area contributed by atoms with Gasteiger partial charge in [0.15, 0.2) is 5.78 Å². The molecule has 0 aromatic heterocycles. The fourth-order valence-corrected chi connectivity index (χ4v) is 1.30. The maximum absolute atomic E-state index is 11.7. The molecule has 0 amide bonds. The van der Waals surface area contributed by atoms with Gasteiger partial charge in [0, 0.05) is 6.08 Å². The van der Waals surface area contributed by atoms with Crippen LogP contribution in [0.1, 0.15) is 24.2 Å². The van der Waals surface area contributed by atoms with Crippen molar-refractivity contribution in [2.45, 2.75) is 13.8 Å². The number of hydrogen-bond donors (Lipinski definition) is 2. The van der Waals surface area contributed by atoms with Crippen LogP contribution in [0.4, 0.5) is 0 Å². The van der Waals surface area contributed by atoms with Gasteiger partial charge in [-0.1, -0.05) is 13.8 Å². The van der Waals surface area contributed by atoms with E-state index in [9.17, 15) is 14.7 Å². The van der Waals surface area contributed by atoms with Gasteiger partial charge in [0.05, 0.1) is 12.2 Å². The number of aliphatic carboxylic acids is 1. The lowest BCUT2D eigenvalue weighted by molar-refractivity contribution is -0.131. The summed E-state index contributed by atoms with van der Waals surface area (Å²) in [4.78, 5) is 22.0. The molecule has 2 N–H and O–H groups in total. The van der Waals surface area contributed by atoms with Crippen LogP contribution in [-0.2, 0) is 4.79 Å². The minimum atomic E-state index is -1.22. The number of phenolic OH excluding ortho intramolecular Hbond substituents is 1. The standard InChI is InChI=1S/C14H16O5/c1-9(2)8-19-10-3-4-12(15)11(7-10)13(16)5-6-14(17)18/h3-7,9,15H,8H2,1-2H3,(H,17,18)/b6-5+. The van der Waals surface area contributed by atoms with E-state index in [2.05, 4.69) is 0 Å². The van der Waals surface area contributed by atoms with E-state index < -0.39 is 11.8 Å². The summed E-state index contributed by atoms with van der Waals surface area (Å²) >= 11 is 0. The van der Waals surface area contributed by atoms with Crippen LogP contribution in [0.2, 0.25) is 0 Å². The molecule has 0 radical (unpaired) electrons. The Morgan fingerprint density at radius 1 is 1.32 bits per heavy atom. The number of carbonyl (C=O) groups is 2. The van der Waals surface area contributed by atoms with E-state index >= 15 is 0 Å². The largest absolute Gasteiger partial charge is 0.507 e. The quantitative estimate of drug-likeness (QED) is 0.608. The number of carboxylic acid groups (broad SMARTS) is 1. The third-order valence-corrected chi connectivity index (χ3v) is 2.19. The van der Waals surface area contributed by atoms with Crippen LogP contribution in [0, 0.1) is 5.92 Å². The lowest BCUT2D eigenvalue weighted by Gasteiger charge is -2.10. The monoisotopic (exact) mass is 264 g/mol. The Kier molecular flexibility index (Phi) is 5.11. The van der Waals surface area contributed by atoms with Crippen molar-refractivity contribution in [3.8, 4) is 11.5 Å². The first-order chi connectivity index (χ1) is 8.90. The minimum absolute atomic E-state index is 0.0127. The first-order valence-electron chi connectivity index (χ1n) is 5.81. The highest BCUT2D eigenvalue weighted by atomic mass is 16.5. The fraction of sp³-hybridized carbons (Fsp3) is 0.286. The molecule has 1 aromatic carbocycles. The number of ether oxygens (including phenoxy) is 1. The molecule has 1 rings (SSSR count). The summed E-state index contributed by atoms with van der Waals surface area (Å²) in [6, 6.07) is 4.29. The van der Waals surface area contributed by atoms with E-state index in [1.54, 1.807) is 6.07 Å². The minimum Gasteiger partial charge on any atom is -0.507 e. The average Bonchev–Trinajstić information content (AvgIpc) is 2.34. The Morgan fingerprint density at radius 2 is 2.00 bits per heavy atom. The van der Waals surface area contributed by atoms with Crippen LogP contribution in [0.5, 0.6) is 11.5 Å². The number of carboxylic acids is 1. The molecule has 0 atom stereocenters. The van der Waals surface area contributed by atoms with E-state index in [0.29, 0.717) is 18.3 Å². The maximum atomic E-state index is 11.7. The fourth-order valence-electron chi connectivity index (χ4n) is 1.30. The molecule has 0 saturated heterocycles. The van der Waals surface area contributed by atoms with Crippen molar-refractivity contribution < 1.29 is 24.5 Å². The predicted molar refractivity (Wildman–Crippen MR) is 69.5 cm³/mol. The number of ketones is 1. The zero-order valence-electron chi connectivity index (χ0n) is 10.8. The Labute approximate surface area is 111 Å². The first kappa shape index (κ1) is 14.8. The van der Waals surface area contributed by atoms with Crippen LogP contribution in [-0.4, -0.2) is 28.6 Å². The molecule has 0 unspecified atom stereocenters. The predicted octanol–water partition coefficient (Wildman–Crippen LogP) is 2.25. The van der Waals surface area contributed by atoms with E-state index in [-0.39, 0.29) is 11.3 Å². The average molecular weight is 264 g/mol. The summed E-state index contributed by atoms with van der Waals surface area (Å²) in [6.07, 6.45) is 1.62. The van der Waals surface area contributed by atoms with Gasteiger partial charge in [-0.05, 0) is 30.2 Å². The first-order valence-corrected chi connectivity index (χ1v) is 5.81. The number of benzene rings is 1. The molecule has 5 nitrogen and oxygen atoms in total. The van der Waals surface area contributed by atoms with Crippen molar-refractivity contribution in [1.82, 2.24) is 0 Å². The lowest BCUT2D eigenvalue weighted by atomic mass is 10.1. The molecule has 0 aliphatic heterocycles. The molecule has 0 saturated carbocycles. The summed E-state index contributed by atoms with van der Waals surface area (Å²) in [5.41, 5.74) is 0.0127.